The van der Waals surface area contributed by atoms with E-state index in [0.717, 1.165) is 9.88 Å². The van der Waals surface area contributed by atoms with Crippen LogP contribution in [0.15, 0.2) is 23.3 Å². The Labute approximate surface area is 107 Å². The lowest BCUT2D eigenvalue weighted by atomic mass is 10.3. The van der Waals surface area contributed by atoms with Crippen molar-refractivity contribution < 1.29 is 5.11 Å². The van der Waals surface area contributed by atoms with Crippen LogP contribution >= 0.6 is 22.9 Å². The summed E-state index contributed by atoms with van der Waals surface area (Å²) >= 11 is 7.29. The Morgan fingerprint density at radius 1 is 1.59 bits per heavy atom. The van der Waals surface area contributed by atoms with Crippen molar-refractivity contribution in [1.82, 2.24) is 9.55 Å². The number of thiazole rings is 1. The first kappa shape index (κ1) is 12.3. The van der Waals surface area contributed by atoms with Crippen LogP contribution < -0.4 is 5.56 Å². The average Bonchev–Trinajstić information content (AvgIpc) is 2.73. The molecule has 0 aromatic carbocycles. The molecule has 0 radical (unpaired) electrons. The minimum Gasteiger partial charge on any atom is -0.391 e. The lowest BCUT2D eigenvalue weighted by Crippen LogP contribution is -2.21. The predicted octanol–water partition coefficient (Wildman–Crippen LogP) is 1.81. The van der Waals surface area contributed by atoms with Crippen molar-refractivity contribution in [3.05, 3.63) is 49.3 Å². The Bertz CT molecular complexity index is 591. The maximum Gasteiger partial charge on any atom is 0.253 e. The van der Waals surface area contributed by atoms with Gasteiger partial charge < -0.3 is 9.67 Å². The number of hydrogen-bond acceptors (Lipinski definition) is 4. The lowest BCUT2D eigenvalue weighted by Gasteiger charge is -2.05. The Kier molecular flexibility index (Phi) is 3.61. The van der Waals surface area contributed by atoms with Gasteiger partial charge in [-0.05, 0) is 13.0 Å². The predicted molar refractivity (Wildman–Crippen MR) is 67.6 cm³/mol. The molecule has 0 aliphatic carbocycles. The SMILES string of the molecule is Cc1cc(Cl)cn(Cc2ncc(CO)s2)c1=O. The third-order valence-electron chi connectivity index (χ3n) is 2.29. The summed E-state index contributed by atoms with van der Waals surface area (Å²) in [6, 6.07) is 1.64. The van der Waals surface area contributed by atoms with Crippen LogP contribution in [-0.4, -0.2) is 14.7 Å². The quantitative estimate of drug-likeness (QED) is 0.925. The first-order valence-corrected chi connectivity index (χ1v) is 6.20. The van der Waals surface area contributed by atoms with Crippen molar-refractivity contribution in [2.45, 2.75) is 20.1 Å². The van der Waals surface area contributed by atoms with Gasteiger partial charge in [-0.1, -0.05) is 11.6 Å². The van der Waals surface area contributed by atoms with Crippen LogP contribution in [0.3, 0.4) is 0 Å². The topological polar surface area (TPSA) is 55.1 Å². The molecule has 0 aliphatic rings. The highest BCUT2D eigenvalue weighted by atomic mass is 35.5. The molecule has 0 unspecified atom stereocenters. The van der Waals surface area contributed by atoms with Crippen molar-refractivity contribution in [2.24, 2.45) is 0 Å². The molecule has 2 aromatic heterocycles. The zero-order valence-electron chi connectivity index (χ0n) is 9.18. The van der Waals surface area contributed by atoms with Gasteiger partial charge in [0.1, 0.15) is 5.01 Å². The Hall–Kier alpha value is -1.17. The molecule has 1 N–H and O–H groups in total. The minimum absolute atomic E-state index is 0.0266. The Balaban J connectivity index is 2.32. The maximum absolute atomic E-state index is 11.8. The van der Waals surface area contributed by atoms with E-state index in [1.807, 2.05) is 0 Å². The largest absolute Gasteiger partial charge is 0.391 e. The standard InChI is InChI=1S/C11H11ClN2O2S/c1-7-2-8(12)4-14(11(7)16)5-10-13-3-9(6-15)17-10/h2-4,15H,5-6H2,1H3. The van der Waals surface area contributed by atoms with Gasteiger partial charge in [-0.15, -0.1) is 11.3 Å². The fraction of sp³-hybridized carbons (Fsp3) is 0.273. The van der Waals surface area contributed by atoms with Gasteiger partial charge in [0, 0.05) is 18.0 Å². The van der Waals surface area contributed by atoms with Crippen LogP contribution in [0.1, 0.15) is 15.4 Å². The average molecular weight is 271 g/mol. The maximum atomic E-state index is 11.8. The van der Waals surface area contributed by atoms with Crippen LogP contribution in [0.25, 0.3) is 0 Å². The minimum atomic E-state index is -0.0739. The van der Waals surface area contributed by atoms with Crippen LogP contribution in [0.4, 0.5) is 0 Å². The summed E-state index contributed by atoms with van der Waals surface area (Å²) in [6.45, 7) is 2.08. The summed E-state index contributed by atoms with van der Waals surface area (Å²) in [5.74, 6) is 0. The van der Waals surface area contributed by atoms with Gasteiger partial charge in [-0.2, -0.15) is 0 Å². The normalized spacial score (nSPS) is 10.8. The zero-order chi connectivity index (χ0) is 12.4. The van der Waals surface area contributed by atoms with Crippen LogP contribution in [0.5, 0.6) is 0 Å². The molecule has 2 heterocycles. The van der Waals surface area contributed by atoms with Crippen molar-refractivity contribution in [3.8, 4) is 0 Å². The second-order valence-corrected chi connectivity index (χ2v) is 5.29. The van der Waals surface area contributed by atoms with E-state index in [-0.39, 0.29) is 12.2 Å². The van der Waals surface area contributed by atoms with Crippen LogP contribution in [0.2, 0.25) is 5.02 Å². The molecular formula is C11H11ClN2O2S. The van der Waals surface area contributed by atoms with Gasteiger partial charge >= 0.3 is 0 Å². The number of aromatic nitrogens is 2. The van der Waals surface area contributed by atoms with Gasteiger partial charge in [0.05, 0.1) is 23.1 Å². The summed E-state index contributed by atoms with van der Waals surface area (Å²) in [5, 5.41) is 10.2. The molecular weight excluding hydrogens is 260 g/mol. The van der Waals surface area contributed by atoms with E-state index in [2.05, 4.69) is 4.98 Å². The molecule has 4 nitrogen and oxygen atoms in total. The van der Waals surface area contributed by atoms with Crippen LogP contribution in [-0.2, 0) is 13.2 Å². The molecule has 2 aromatic rings. The van der Waals surface area contributed by atoms with Gasteiger partial charge in [0.2, 0.25) is 0 Å². The highest BCUT2D eigenvalue weighted by Crippen LogP contribution is 2.14. The third kappa shape index (κ3) is 2.74. The first-order chi connectivity index (χ1) is 8.10. The fourth-order valence-corrected chi connectivity index (χ4v) is 2.56. The molecule has 2 rings (SSSR count). The van der Waals surface area contributed by atoms with Gasteiger partial charge in [0.15, 0.2) is 0 Å². The van der Waals surface area contributed by atoms with Crippen molar-refractivity contribution in [3.63, 3.8) is 0 Å². The Morgan fingerprint density at radius 3 is 3.00 bits per heavy atom. The van der Waals surface area contributed by atoms with E-state index in [0.29, 0.717) is 17.1 Å². The molecule has 0 spiro atoms. The molecule has 0 aliphatic heterocycles. The highest BCUT2D eigenvalue weighted by molar-refractivity contribution is 7.11. The number of pyridine rings is 1. The van der Waals surface area contributed by atoms with Gasteiger partial charge in [-0.25, -0.2) is 4.98 Å². The molecule has 0 saturated carbocycles. The second-order valence-electron chi connectivity index (χ2n) is 3.65. The summed E-state index contributed by atoms with van der Waals surface area (Å²) in [5.41, 5.74) is 0.534. The molecule has 6 heteroatoms. The van der Waals surface area contributed by atoms with Crippen molar-refractivity contribution >= 4 is 22.9 Å². The number of nitrogens with zero attached hydrogens (tertiary/aromatic N) is 2. The number of aliphatic hydroxyl groups is 1. The summed E-state index contributed by atoms with van der Waals surface area (Å²) in [7, 11) is 0. The Morgan fingerprint density at radius 2 is 2.35 bits per heavy atom. The molecule has 0 amide bonds. The molecule has 0 bridgehead atoms. The first-order valence-electron chi connectivity index (χ1n) is 5.01. The van der Waals surface area contributed by atoms with E-state index in [1.54, 1.807) is 25.4 Å². The molecule has 0 saturated heterocycles. The summed E-state index contributed by atoms with van der Waals surface area (Å²) < 4.78 is 1.53. The van der Waals surface area contributed by atoms with Crippen molar-refractivity contribution in [2.75, 3.05) is 0 Å². The van der Waals surface area contributed by atoms with Gasteiger partial charge in [0.25, 0.3) is 5.56 Å². The van der Waals surface area contributed by atoms with E-state index in [9.17, 15) is 4.79 Å². The third-order valence-corrected chi connectivity index (χ3v) is 3.47. The summed E-state index contributed by atoms with van der Waals surface area (Å²) in [4.78, 5) is 16.8. The molecule has 17 heavy (non-hydrogen) atoms. The number of halogens is 1. The number of aryl methyl sites for hydroxylation is 1. The van der Waals surface area contributed by atoms with E-state index in [4.69, 9.17) is 16.7 Å². The van der Waals surface area contributed by atoms with Crippen molar-refractivity contribution in [1.29, 1.82) is 0 Å². The number of rotatable bonds is 3. The smallest absolute Gasteiger partial charge is 0.253 e. The fourth-order valence-electron chi connectivity index (χ4n) is 1.50. The molecule has 0 atom stereocenters. The second kappa shape index (κ2) is 5.00. The lowest BCUT2D eigenvalue weighted by molar-refractivity contribution is 0.285. The van der Waals surface area contributed by atoms with E-state index in [1.165, 1.54) is 15.9 Å². The molecule has 90 valence electrons. The highest BCUT2D eigenvalue weighted by Gasteiger charge is 2.06. The summed E-state index contributed by atoms with van der Waals surface area (Å²) in [6.07, 6.45) is 3.21. The molecule has 0 fully saturated rings. The number of aliphatic hydroxyl groups excluding tert-OH is 1. The number of hydrogen-bond donors (Lipinski definition) is 1. The van der Waals surface area contributed by atoms with Gasteiger partial charge in [-0.3, -0.25) is 4.79 Å². The van der Waals surface area contributed by atoms with Crippen LogP contribution in [0, 0.1) is 6.92 Å². The zero-order valence-corrected chi connectivity index (χ0v) is 10.8. The van der Waals surface area contributed by atoms with E-state index >= 15 is 0 Å². The van der Waals surface area contributed by atoms with E-state index < -0.39 is 0 Å². The monoisotopic (exact) mass is 270 g/mol.